The molecule has 28 heavy (non-hydrogen) atoms. The Balaban J connectivity index is 1.47. The third-order valence-corrected chi connectivity index (χ3v) is 5.27. The first kappa shape index (κ1) is 18.4. The first-order valence-electron chi connectivity index (χ1n) is 8.88. The molecular weight excluding hydrogens is 374 g/mol. The van der Waals surface area contributed by atoms with Crippen LogP contribution in [0.1, 0.15) is 26.6 Å². The van der Waals surface area contributed by atoms with Gasteiger partial charge in [-0.2, -0.15) is 0 Å². The molecule has 2 heterocycles. The molecule has 8 heteroatoms. The molecular formula is C20H21N5O2S. The average molecular weight is 395 g/mol. The molecule has 0 spiro atoms. The molecule has 1 amide bonds. The number of nitrogens with zero attached hydrogens (tertiary/aromatic N) is 3. The van der Waals surface area contributed by atoms with E-state index < -0.39 is 0 Å². The summed E-state index contributed by atoms with van der Waals surface area (Å²) in [7, 11) is 0. The molecule has 4 rings (SSSR count). The summed E-state index contributed by atoms with van der Waals surface area (Å²) >= 11 is 1.25. The number of hydrogen-bond acceptors (Lipinski definition) is 6. The molecule has 0 saturated carbocycles. The van der Waals surface area contributed by atoms with Crippen LogP contribution in [-0.2, 0) is 10.2 Å². The molecule has 2 aromatic heterocycles. The van der Waals surface area contributed by atoms with Crippen molar-refractivity contribution in [2.75, 3.05) is 16.9 Å². The summed E-state index contributed by atoms with van der Waals surface area (Å²) in [5, 5.41) is 13.6. The molecule has 3 N–H and O–H groups in total. The van der Waals surface area contributed by atoms with Gasteiger partial charge in [-0.25, -0.2) is 4.68 Å². The van der Waals surface area contributed by atoms with Gasteiger partial charge in [-0.05, 0) is 24.3 Å². The van der Waals surface area contributed by atoms with Crippen LogP contribution in [0.5, 0.6) is 0 Å². The number of thioether (sulfide) groups is 1. The Bertz CT molecular complexity index is 1170. The highest BCUT2D eigenvalue weighted by Gasteiger charge is 2.23. The number of carbonyl (C=O) groups excluding carboxylic acids is 1. The Kier molecular flexibility index (Phi) is 4.50. The van der Waals surface area contributed by atoms with Crippen molar-refractivity contribution in [3.05, 3.63) is 48.3 Å². The molecule has 4 aromatic rings. The molecule has 0 aliphatic heterocycles. The summed E-state index contributed by atoms with van der Waals surface area (Å²) in [5.74, 6) is 6.78. The van der Waals surface area contributed by atoms with E-state index in [1.807, 2.05) is 63.2 Å². The van der Waals surface area contributed by atoms with Crippen molar-refractivity contribution >= 4 is 45.3 Å². The lowest BCUT2D eigenvalue weighted by molar-refractivity contribution is -0.113. The molecule has 7 nitrogen and oxygen atoms in total. The number of hydrogen-bond donors (Lipinski definition) is 2. The van der Waals surface area contributed by atoms with Crippen LogP contribution in [0.25, 0.3) is 21.9 Å². The van der Waals surface area contributed by atoms with Gasteiger partial charge >= 0.3 is 0 Å². The Labute approximate surface area is 166 Å². The number of amides is 1. The minimum absolute atomic E-state index is 0.141. The second kappa shape index (κ2) is 6.87. The van der Waals surface area contributed by atoms with Crippen LogP contribution in [0.3, 0.4) is 0 Å². The minimum atomic E-state index is -0.217. The van der Waals surface area contributed by atoms with Crippen molar-refractivity contribution in [1.82, 2.24) is 14.9 Å². The summed E-state index contributed by atoms with van der Waals surface area (Å²) in [6.45, 7) is 6.03. The molecule has 144 valence electrons. The van der Waals surface area contributed by atoms with Gasteiger partial charge in [-0.3, -0.25) is 4.79 Å². The lowest BCUT2D eigenvalue weighted by Gasteiger charge is -2.16. The van der Waals surface area contributed by atoms with Crippen molar-refractivity contribution in [3.63, 3.8) is 0 Å². The van der Waals surface area contributed by atoms with E-state index in [0.29, 0.717) is 16.7 Å². The highest BCUT2D eigenvalue weighted by molar-refractivity contribution is 7.99. The van der Waals surface area contributed by atoms with E-state index in [1.54, 1.807) is 0 Å². The molecule has 0 aliphatic carbocycles. The molecule has 0 radical (unpaired) electrons. The average Bonchev–Trinajstić information content (AvgIpc) is 3.20. The largest absolute Gasteiger partial charge is 0.456 e. The van der Waals surface area contributed by atoms with Gasteiger partial charge in [0.15, 0.2) is 5.82 Å². The second-order valence-corrected chi connectivity index (χ2v) is 8.51. The predicted octanol–water partition coefficient (Wildman–Crippen LogP) is 3.92. The number of nitrogens with two attached hydrogens (primary N) is 1. The van der Waals surface area contributed by atoms with E-state index in [-0.39, 0.29) is 17.1 Å². The van der Waals surface area contributed by atoms with Crippen molar-refractivity contribution in [2.24, 2.45) is 0 Å². The van der Waals surface area contributed by atoms with E-state index in [9.17, 15) is 4.79 Å². The van der Waals surface area contributed by atoms with Gasteiger partial charge in [-0.15, -0.1) is 10.2 Å². The van der Waals surface area contributed by atoms with Crippen LogP contribution < -0.4 is 11.2 Å². The van der Waals surface area contributed by atoms with Crippen LogP contribution in [0.2, 0.25) is 0 Å². The van der Waals surface area contributed by atoms with Crippen molar-refractivity contribution in [1.29, 1.82) is 0 Å². The maximum Gasteiger partial charge on any atom is 0.234 e. The van der Waals surface area contributed by atoms with Crippen LogP contribution in [0.15, 0.2) is 52.0 Å². The van der Waals surface area contributed by atoms with Crippen molar-refractivity contribution in [3.8, 4) is 0 Å². The molecule has 0 atom stereocenters. The first-order chi connectivity index (χ1) is 13.3. The van der Waals surface area contributed by atoms with E-state index in [1.165, 1.54) is 16.4 Å². The van der Waals surface area contributed by atoms with Crippen LogP contribution >= 0.6 is 11.8 Å². The van der Waals surface area contributed by atoms with Crippen molar-refractivity contribution in [2.45, 2.75) is 31.3 Å². The van der Waals surface area contributed by atoms with Crippen LogP contribution in [0.4, 0.5) is 5.69 Å². The summed E-state index contributed by atoms with van der Waals surface area (Å²) in [5.41, 5.74) is 2.12. The van der Waals surface area contributed by atoms with Gasteiger partial charge in [0.2, 0.25) is 11.1 Å². The Morgan fingerprint density at radius 1 is 1.14 bits per heavy atom. The van der Waals surface area contributed by atoms with Gasteiger partial charge in [0.05, 0.1) is 5.75 Å². The van der Waals surface area contributed by atoms with E-state index in [2.05, 4.69) is 15.5 Å². The zero-order chi connectivity index (χ0) is 19.9. The summed E-state index contributed by atoms with van der Waals surface area (Å²) in [4.78, 5) is 12.4. The monoisotopic (exact) mass is 395 g/mol. The summed E-state index contributed by atoms with van der Waals surface area (Å²) in [6.07, 6.45) is 0. The number of rotatable bonds is 4. The van der Waals surface area contributed by atoms with Crippen molar-refractivity contribution < 1.29 is 9.21 Å². The zero-order valence-corrected chi connectivity index (χ0v) is 16.7. The van der Waals surface area contributed by atoms with Gasteiger partial charge in [0, 0.05) is 21.9 Å². The standard InChI is InChI=1S/C20H21N5O2S/c1-20(2,3)18-23-24-19(25(18)21)28-11-17(26)22-12-8-9-16-14(10-12)13-6-4-5-7-15(13)27-16/h4-10H,11,21H2,1-3H3,(H,22,26). The topological polar surface area (TPSA) is 99.0 Å². The number of benzene rings is 2. The number of carbonyl (C=O) groups is 1. The van der Waals surface area contributed by atoms with Crippen LogP contribution in [-0.4, -0.2) is 26.5 Å². The van der Waals surface area contributed by atoms with E-state index in [4.69, 9.17) is 10.3 Å². The molecule has 0 unspecified atom stereocenters. The molecule has 0 fully saturated rings. The molecule has 0 aliphatic rings. The smallest absolute Gasteiger partial charge is 0.234 e. The lowest BCUT2D eigenvalue weighted by Crippen LogP contribution is -2.24. The Hall–Kier alpha value is -3.00. The number of anilines is 1. The number of furan rings is 1. The fraction of sp³-hybridized carbons (Fsp3) is 0.250. The number of fused-ring (bicyclic) bond motifs is 3. The maximum absolute atomic E-state index is 12.4. The second-order valence-electron chi connectivity index (χ2n) is 7.57. The first-order valence-corrected chi connectivity index (χ1v) is 9.86. The minimum Gasteiger partial charge on any atom is -0.456 e. The molecule has 0 bridgehead atoms. The van der Waals surface area contributed by atoms with Gasteiger partial charge in [0.1, 0.15) is 11.2 Å². The summed E-state index contributed by atoms with van der Waals surface area (Å²) in [6, 6.07) is 13.5. The number of aromatic nitrogens is 3. The van der Waals surface area contributed by atoms with Gasteiger partial charge < -0.3 is 15.6 Å². The lowest BCUT2D eigenvalue weighted by atomic mass is 9.96. The zero-order valence-electron chi connectivity index (χ0n) is 15.9. The van der Waals surface area contributed by atoms with E-state index >= 15 is 0 Å². The quantitative estimate of drug-likeness (QED) is 0.401. The van der Waals surface area contributed by atoms with Gasteiger partial charge in [0.25, 0.3) is 0 Å². The maximum atomic E-state index is 12.4. The normalized spacial score (nSPS) is 12.0. The highest BCUT2D eigenvalue weighted by Crippen LogP contribution is 2.30. The summed E-state index contributed by atoms with van der Waals surface area (Å²) < 4.78 is 7.26. The molecule has 0 saturated heterocycles. The third kappa shape index (κ3) is 3.43. The fourth-order valence-corrected chi connectivity index (χ4v) is 3.67. The van der Waals surface area contributed by atoms with E-state index in [0.717, 1.165) is 21.9 Å². The van der Waals surface area contributed by atoms with Crippen LogP contribution in [0, 0.1) is 0 Å². The number of nitrogens with one attached hydrogen (secondary N) is 1. The number of nitrogen functional groups attached to an aromatic ring is 1. The number of para-hydroxylation sites is 1. The van der Waals surface area contributed by atoms with Gasteiger partial charge in [-0.1, -0.05) is 50.7 Å². The molecule has 2 aromatic carbocycles. The predicted molar refractivity (Wildman–Crippen MR) is 112 cm³/mol. The highest BCUT2D eigenvalue weighted by atomic mass is 32.2. The third-order valence-electron chi connectivity index (χ3n) is 4.33. The fourth-order valence-electron chi connectivity index (χ4n) is 3.02. The Morgan fingerprint density at radius 2 is 1.89 bits per heavy atom. The Morgan fingerprint density at radius 3 is 2.64 bits per heavy atom. The SMILES string of the molecule is CC(C)(C)c1nnc(SCC(=O)Nc2ccc3oc4ccccc4c3c2)n1N.